The number of benzene rings is 2. The van der Waals surface area contributed by atoms with Crippen LogP contribution in [0.1, 0.15) is 12.0 Å². The van der Waals surface area contributed by atoms with E-state index < -0.39 is 4.92 Å². The van der Waals surface area contributed by atoms with Gasteiger partial charge in [0.25, 0.3) is 11.6 Å². The summed E-state index contributed by atoms with van der Waals surface area (Å²) in [5.74, 6) is 0.352. The fourth-order valence-corrected chi connectivity index (χ4v) is 4.32. The number of non-ortho nitro benzene ring substituents is 1. The summed E-state index contributed by atoms with van der Waals surface area (Å²) in [6, 6.07) is 9.50. The number of hydrogen-bond donors (Lipinski definition) is 0. The van der Waals surface area contributed by atoms with E-state index in [0.717, 1.165) is 17.7 Å². The highest BCUT2D eigenvalue weighted by Crippen LogP contribution is 2.38. The number of fused-ring (bicyclic) bond motifs is 1. The SMILES string of the molecule is COc1ccc(Cl)c2sc(N(CCCN(C)C)C(=O)/C=C/c3ccc([N+](=O)[O-])cc3)nc12. The predicted molar refractivity (Wildman–Crippen MR) is 129 cm³/mol. The molecule has 168 valence electrons. The molecule has 0 saturated heterocycles. The van der Waals surface area contributed by atoms with Gasteiger partial charge in [-0.1, -0.05) is 22.9 Å². The minimum Gasteiger partial charge on any atom is -0.494 e. The van der Waals surface area contributed by atoms with E-state index in [1.54, 1.807) is 42.4 Å². The third-order valence-electron chi connectivity index (χ3n) is 4.67. The van der Waals surface area contributed by atoms with Crippen LogP contribution in [0.2, 0.25) is 5.02 Å². The first-order chi connectivity index (χ1) is 15.3. The Morgan fingerprint density at radius 2 is 1.94 bits per heavy atom. The Bertz CT molecular complexity index is 1140. The van der Waals surface area contributed by atoms with Crippen LogP contribution in [-0.2, 0) is 4.79 Å². The summed E-state index contributed by atoms with van der Waals surface area (Å²) in [7, 11) is 5.51. The van der Waals surface area contributed by atoms with Crippen molar-refractivity contribution in [3.8, 4) is 5.75 Å². The summed E-state index contributed by atoms with van der Waals surface area (Å²) >= 11 is 7.68. The molecular weight excluding hydrogens is 452 g/mol. The summed E-state index contributed by atoms with van der Waals surface area (Å²) in [5.41, 5.74) is 1.30. The summed E-state index contributed by atoms with van der Waals surface area (Å²) in [5, 5.41) is 11.9. The molecule has 0 saturated carbocycles. The molecule has 0 bridgehead atoms. The number of halogens is 1. The lowest BCUT2D eigenvalue weighted by molar-refractivity contribution is -0.384. The summed E-state index contributed by atoms with van der Waals surface area (Å²) < 4.78 is 6.15. The zero-order valence-electron chi connectivity index (χ0n) is 17.9. The van der Waals surface area contributed by atoms with Crippen molar-refractivity contribution in [1.29, 1.82) is 0 Å². The molecule has 0 fully saturated rings. The van der Waals surface area contributed by atoms with Crippen molar-refractivity contribution in [2.75, 3.05) is 39.2 Å². The molecule has 0 aliphatic carbocycles. The molecule has 32 heavy (non-hydrogen) atoms. The van der Waals surface area contributed by atoms with Crippen LogP contribution < -0.4 is 9.64 Å². The largest absolute Gasteiger partial charge is 0.494 e. The first-order valence-corrected chi connectivity index (χ1v) is 11.0. The molecular formula is C22H23ClN4O4S. The average Bonchev–Trinajstić information content (AvgIpc) is 3.21. The molecule has 0 radical (unpaired) electrons. The van der Waals surface area contributed by atoms with Crippen LogP contribution in [0.4, 0.5) is 10.8 Å². The molecule has 10 heteroatoms. The van der Waals surface area contributed by atoms with Crippen LogP contribution >= 0.6 is 22.9 Å². The number of amides is 1. The number of carbonyl (C=O) groups excluding carboxylic acids is 1. The van der Waals surface area contributed by atoms with Crippen molar-refractivity contribution < 1.29 is 14.5 Å². The lowest BCUT2D eigenvalue weighted by Gasteiger charge is -2.19. The minimum absolute atomic E-state index is 0.000842. The lowest BCUT2D eigenvalue weighted by atomic mass is 10.2. The number of anilines is 1. The van der Waals surface area contributed by atoms with Crippen LogP contribution in [-0.4, -0.2) is 55.0 Å². The molecule has 1 amide bonds. The third-order valence-corrected chi connectivity index (χ3v) is 6.21. The van der Waals surface area contributed by atoms with Crippen LogP contribution in [0, 0.1) is 10.1 Å². The van der Waals surface area contributed by atoms with Crippen molar-refractivity contribution in [1.82, 2.24) is 9.88 Å². The van der Waals surface area contributed by atoms with E-state index in [4.69, 9.17) is 16.3 Å². The van der Waals surface area contributed by atoms with Gasteiger partial charge in [0.15, 0.2) is 5.13 Å². The number of rotatable bonds is 9. The first-order valence-electron chi connectivity index (χ1n) is 9.82. The maximum absolute atomic E-state index is 13.1. The monoisotopic (exact) mass is 474 g/mol. The number of nitro benzene ring substituents is 1. The quantitative estimate of drug-likeness (QED) is 0.250. The number of hydrogen-bond acceptors (Lipinski definition) is 7. The Morgan fingerprint density at radius 1 is 1.22 bits per heavy atom. The van der Waals surface area contributed by atoms with E-state index in [2.05, 4.69) is 4.98 Å². The van der Waals surface area contributed by atoms with Crippen molar-refractivity contribution in [3.05, 3.63) is 63.2 Å². The Labute approximate surface area is 194 Å². The second-order valence-corrected chi connectivity index (χ2v) is 8.64. The summed E-state index contributed by atoms with van der Waals surface area (Å²) in [6.45, 7) is 1.28. The fourth-order valence-electron chi connectivity index (χ4n) is 3.03. The second-order valence-electron chi connectivity index (χ2n) is 7.25. The lowest BCUT2D eigenvalue weighted by Crippen LogP contribution is -2.32. The van der Waals surface area contributed by atoms with Crippen LogP contribution in [0.15, 0.2) is 42.5 Å². The van der Waals surface area contributed by atoms with Gasteiger partial charge in [0, 0.05) is 24.8 Å². The topological polar surface area (TPSA) is 88.8 Å². The molecule has 1 aromatic heterocycles. The highest BCUT2D eigenvalue weighted by molar-refractivity contribution is 7.23. The Balaban J connectivity index is 1.89. The van der Waals surface area contributed by atoms with Gasteiger partial charge in [-0.25, -0.2) is 4.98 Å². The zero-order valence-corrected chi connectivity index (χ0v) is 19.5. The molecule has 0 aliphatic rings. The molecule has 3 rings (SSSR count). The fraction of sp³-hybridized carbons (Fsp3) is 0.273. The highest BCUT2D eigenvalue weighted by Gasteiger charge is 2.20. The van der Waals surface area contributed by atoms with Gasteiger partial charge in [0.1, 0.15) is 11.3 Å². The molecule has 0 spiro atoms. The van der Waals surface area contributed by atoms with E-state index in [-0.39, 0.29) is 11.6 Å². The van der Waals surface area contributed by atoms with Gasteiger partial charge in [-0.3, -0.25) is 19.8 Å². The normalized spacial score (nSPS) is 11.4. The molecule has 0 aliphatic heterocycles. The number of ether oxygens (including phenoxy) is 1. The molecule has 8 nitrogen and oxygen atoms in total. The molecule has 0 unspecified atom stereocenters. The third kappa shape index (κ3) is 5.61. The van der Waals surface area contributed by atoms with Crippen molar-refractivity contribution in [3.63, 3.8) is 0 Å². The highest BCUT2D eigenvalue weighted by atomic mass is 35.5. The number of methoxy groups -OCH3 is 1. The smallest absolute Gasteiger partial charge is 0.269 e. The van der Waals surface area contributed by atoms with E-state index in [0.29, 0.717) is 33.5 Å². The van der Waals surface area contributed by atoms with Gasteiger partial charge in [-0.15, -0.1) is 0 Å². The van der Waals surface area contributed by atoms with Gasteiger partial charge in [0.05, 0.1) is 21.8 Å². The van der Waals surface area contributed by atoms with E-state index in [1.165, 1.54) is 29.5 Å². The minimum atomic E-state index is -0.461. The van der Waals surface area contributed by atoms with E-state index in [1.807, 2.05) is 19.0 Å². The first kappa shape index (κ1) is 23.6. The van der Waals surface area contributed by atoms with Gasteiger partial charge in [-0.05, 0) is 63.0 Å². The van der Waals surface area contributed by atoms with Crippen molar-refractivity contribution in [2.24, 2.45) is 0 Å². The van der Waals surface area contributed by atoms with E-state index >= 15 is 0 Å². The van der Waals surface area contributed by atoms with Crippen molar-refractivity contribution in [2.45, 2.75) is 6.42 Å². The Morgan fingerprint density at radius 3 is 2.56 bits per heavy atom. The van der Waals surface area contributed by atoms with Crippen LogP contribution in [0.5, 0.6) is 5.75 Å². The molecule has 2 aromatic carbocycles. The molecule has 0 N–H and O–H groups in total. The Kier molecular flexibility index (Phi) is 7.79. The molecule has 0 atom stereocenters. The molecule has 3 aromatic rings. The standard InChI is InChI=1S/C22H23ClN4O4S/c1-25(2)13-4-14-26(19(28)12-7-15-5-8-16(9-6-15)27(29)30)22-24-20-18(31-3)11-10-17(23)21(20)32-22/h5-12H,4,13-14H2,1-3H3/b12-7+. The Hall–Kier alpha value is -3.01. The van der Waals surface area contributed by atoms with Crippen LogP contribution in [0.3, 0.4) is 0 Å². The van der Waals surface area contributed by atoms with Gasteiger partial charge >= 0.3 is 0 Å². The molecule has 1 heterocycles. The van der Waals surface area contributed by atoms with Gasteiger partial charge in [0.2, 0.25) is 0 Å². The summed E-state index contributed by atoms with van der Waals surface area (Å²) in [6.07, 6.45) is 3.83. The summed E-state index contributed by atoms with van der Waals surface area (Å²) in [4.78, 5) is 31.8. The van der Waals surface area contributed by atoms with Gasteiger partial charge < -0.3 is 9.64 Å². The number of nitrogens with zero attached hydrogens (tertiary/aromatic N) is 4. The predicted octanol–water partition coefficient (Wildman–Crippen LogP) is 4.86. The van der Waals surface area contributed by atoms with Crippen LogP contribution in [0.25, 0.3) is 16.3 Å². The van der Waals surface area contributed by atoms with Crippen molar-refractivity contribution >= 4 is 56.0 Å². The number of carbonyl (C=O) groups is 1. The maximum atomic E-state index is 13.1. The number of aromatic nitrogens is 1. The maximum Gasteiger partial charge on any atom is 0.269 e. The number of nitro groups is 1. The van der Waals surface area contributed by atoms with Gasteiger partial charge in [-0.2, -0.15) is 0 Å². The average molecular weight is 475 g/mol. The van der Waals surface area contributed by atoms with E-state index in [9.17, 15) is 14.9 Å². The second kappa shape index (κ2) is 10.5. The number of thiazole rings is 1. The zero-order chi connectivity index (χ0) is 23.3.